The summed E-state index contributed by atoms with van der Waals surface area (Å²) in [6.07, 6.45) is -1.95. The van der Waals surface area contributed by atoms with Crippen LogP contribution in [0.15, 0.2) is 42.7 Å². The van der Waals surface area contributed by atoms with E-state index in [1.807, 2.05) is 6.92 Å². The van der Waals surface area contributed by atoms with Crippen LogP contribution in [0.4, 0.5) is 24.8 Å². The summed E-state index contributed by atoms with van der Waals surface area (Å²) in [6.45, 7) is 3.26. The van der Waals surface area contributed by atoms with Gasteiger partial charge in [-0.05, 0) is 49.7 Å². The summed E-state index contributed by atoms with van der Waals surface area (Å²) in [4.78, 5) is 25.2. The number of methoxy groups -OCH3 is 2. The van der Waals surface area contributed by atoms with Crippen molar-refractivity contribution in [3.8, 4) is 28.9 Å². The van der Waals surface area contributed by atoms with Gasteiger partial charge in [0.05, 0.1) is 25.9 Å². The van der Waals surface area contributed by atoms with Gasteiger partial charge in [0.1, 0.15) is 5.56 Å². The number of pyridine rings is 1. The second-order valence-electron chi connectivity index (χ2n) is 8.11. The average Bonchev–Trinajstić information content (AvgIpc) is 3.29. The van der Waals surface area contributed by atoms with Gasteiger partial charge < -0.3 is 14.8 Å². The van der Waals surface area contributed by atoms with Gasteiger partial charge in [0, 0.05) is 34.9 Å². The molecule has 0 atom stereocenters. The summed E-state index contributed by atoms with van der Waals surface area (Å²) in [5.41, 5.74) is 1.30. The molecule has 0 bridgehead atoms. The zero-order chi connectivity index (χ0) is 27.6. The van der Waals surface area contributed by atoms with Gasteiger partial charge in [0.2, 0.25) is 11.8 Å². The summed E-state index contributed by atoms with van der Waals surface area (Å²) in [5, 5.41) is 16.0. The minimum absolute atomic E-state index is 0.00221. The first kappa shape index (κ1) is 26.1. The van der Waals surface area contributed by atoms with E-state index in [2.05, 4.69) is 31.4 Å². The number of nitrogens with zero attached hydrogens (tertiary/aromatic N) is 6. The SMILES string of the molecule is COC(=O)c1cc(-c2cnc(Nc3cc(C)cc(C#N)c3)nc2-n2nc(C(F)(F)F)cc2C)cnc1OC. The molecular formula is C25H20F3N7O3. The van der Waals surface area contributed by atoms with Gasteiger partial charge in [0.25, 0.3) is 0 Å². The molecule has 0 fully saturated rings. The van der Waals surface area contributed by atoms with Crippen molar-refractivity contribution in [1.29, 1.82) is 5.26 Å². The number of rotatable bonds is 6. The van der Waals surface area contributed by atoms with Crippen molar-refractivity contribution >= 4 is 17.6 Å². The van der Waals surface area contributed by atoms with Crippen LogP contribution in [0.25, 0.3) is 16.9 Å². The summed E-state index contributed by atoms with van der Waals surface area (Å²) in [6, 6.07) is 9.40. The lowest BCUT2D eigenvalue weighted by Gasteiger charge is -2.14. The monoisotopic (exact) mass is 523 g/mol. The van der Waals surface area contributed by atoms with Crippen LogP contribution in [0.2, 0.25) is 0 Å². The first-order valence-electron chi connectivity index (χ1n) is 11.0. The molecule has 1 aromatic carbocycles. The van der Waals surface area contributed by atoms with E-state index in [0.29, 0.717) is 16.8 Å². The molecule has 0 saturated heterocycles. The lowest BCUT2D eigenvalue weighted by Crippen LogP contribution is -2.11. The summed E-state index contributed by atoms with van der Waals surface area (Å²) >= 11 is 0. The maximum atomic E-state index is 13.4. The molecule has 1 N–H and O–H groups in total. The molecule has 0 unspecified atom stereocenters. The van der Waals surface area contributed by atoms with Gasteiger partial charge in [-0.2, -0.15) is 28.5 Å². The Labute approximate surface area is 214 Å². The lowest BCUT2D eigenvalue weighted by atomic mass is 10.1. The summed E-state index contributed by atoms with van der Waals surface area (Å²) in [5.74, 6) is -0.689. The van der Waals surface area contributed by atoms with Crippen molar-refractivity contribution in [3.05, 3.63) is 70.8 Å². The largest absolute Gasteiger partial charge is 0.480 e. The Morgan fingerprint density at radius 3 is 2.47 bits per heavy atom. The number of ether oxygens (including phenoxy) is 2. The Kier molecular flexibility index (Phi) is 6.98. The molecule has 194 valence electrons. The number of benzene rings is 1. The highest BCUT2D eigenvalue weighted by Gasteiger charge is 2.35. The van der Waals surface area contributed by atoms with Gasteiger partial charge in [-0.1, -0.05) is 0 Å². The molecule has 4 rings (SSSR count). The van der Waals surface area contributed by atoms with Crippen LogP contribution in [0.1, 0.15) is 32.9 Å². The third-order valence-corrected chi connectivity index (χ3v) is 5.37. The average molecular weight is 523 g/mol. The van der Waals surface area contributed by atoms with Gasteiger partial charge in [-0.15, -0.1) is 0 Å². The van der Waals surface area contributed by atoms with Crippen molar-refractivity contribution in [2.24, 2.45) is 0 Å². The molecule has 0 radical (unpaired) electrons. The standard InChI is InChI=1S/C25H20F3N7O3/c1-13-5-15(10-29)8-17(6-13)32-24-31-12-19(16-9-18(23(36)38-4)22(37-3)30-11-16)21(33-24)35-14(2)7-20(34-35)25(26,27)28/h5-9,11-12H,1-4H3,(H,31,32,33). The van der Waals surface area contributed by atoms with Crippen LogP contribution in [0.5, 0.6) is 5.88 Å². The van der Waals surface area contributed by atoms with Crippen molar-refractivity contribution in [1.82, 2.24) is 24.7 Å². The Bertz CT molecular complexity index is 1580. The molecule has 0 aliphatic heterocycles. The second kappa shape index (κ2) is 10.2. The van der Waals surface area contributed by atoms with Crippen LogP contribution in [-0.4, -0.2) is 44.9 Å². The number of anilines is 2. The topological polar surface area (TPSA) is 128 Å². The molecule has 3 aromatic heterocycles. The molecule has 13 heteroatoms. The summed E-state index contributed by atoms with van der Waals surface area (Å²) in [7, 11) is 2.52. The number of hydrogen-bond acceptors (Lipinski definition) is 9. The fourth-order valence-corrected chi connectivity index (χ4v) is 3.69. The predicted octanol–water partition coefficient (Wildman–Crippen LogP) is 4.77. The van der Waals surface area contributed by atoms with Gasteiger partial charge >= 0.3 is 12.1 Å². The second-order valence-corrected chi connectivity index (χ2v) is 8.11. The highest BCUT2D eigenvalue weighted by molar-refractivity contribution is 5.93. The number of nitriles is 1. The molecule has 38 heavy (non-hydrogen) atoms. The fraction of sp³-hybridized carbons (Fsp3) is 0.200. The Morgan fingerprint density at radius 2 is 1.84 bits per heavy atom. The number of carbonyl (C=O) groups is 1. The van der Waals surface area contributed by atoms with Crippen molar-refractivity contribution in [2.45, 2.75) is 20.0 Å². The van der Waals surface area contributed by atoms with E-state index in [-0.39, 0.29) is 34.5 Å². The van der Waals surface area contributed by atoms with Crippen molar-refractivity contribution < 1.29 is 27.4 Å². The number of aromatic nitrogens is 5. The molecule has 0 saturated carbocycles. The first-order valence-corrected chi connectivity index (χ1v) is 11.0. The molecule has 10 nitrogen and oxygen atoms in total. The van der Waals surface area contributed by atoms with E-state index in [1.54, 1.807) is 18.2 Å². The maximum Gasteiger partial charge on any atom is 0.435 e. The first-order chi connectivity index (χ1) is 18.0. The number of alkyl halides is 3. The molecular weight excluding hydrogens is 503 g/mol. The number of esters is 1. The number of carbonyl (C=O) groups excluding carboxylic acids is 1. The smallest absolute Gasteiger partial charge is 0.435 e. The Morgan fingerprint density at radius 1 is 1.08 bits per heavy atom. The third-order valence-electron chi connectivity index (χ3n) is 5.37. The van der Waals surface area contributed by atoms with E-state index in [1.165, 1.54) is 39.6 Å². The molecule has 0 amide bonds. The quantitative estimate of drug-likeness (QED) is 0.355. The highest BCUT2D eigenvalue weighted by atomic mass is 19.4. The minimum Gasteiger partial charge on any atom is -0.480 e. The van der Waals surface area contributed by atoms with E-state index in [0.717, 1.165) is 16.3 Å². The number of nitrogens with one attached hydrogen (secondary N) is 1. The third kappa shape index (κ3) is 5.24. The van der Waals surface area contributed by atoms with Gasteiger partial charge in [-0.3, -0.25) is 0 Å². The minimum atomic E-state index is -4.68. The van der Waals surface area contributed by atoms with Crippen LogP contribution in [0.3, 0.4) is 0 Å². The Hall–Kier alpha value is -4.99. The number of aryl methyl sites for hydroxylation is 2. The fourth-order valence-electron chi connectivity index (χ4n) is 3.69. The molecule has 4 aromatic rings. The van der Waals surface area contributed by atoms with E-state index in [4.69, 9.17) is 9.47 Å². The summed E-state index contributed by atoms with van der Waals surface area (Å²) < 4.78 is 51.3. The zero-order valence-electron chi connectivity index (χ0n) is 20.6. The molecule has 0 spiro atoms. The van der Waals surface area contributed by atoms with E-state index in [9.17, 15) is 23.2 Å². The number of hydrogen-bond donors (Lipinski definition) is 1. The van der Waals surface area contributed by atoms with Gasteiger partial charge in [-0.25, -0.2) is 19.4 Å². The van der Waals surface area contributed by atoms with Gasteiger partial charge in [0.15, 0.2) is 11.5 Å². The highest BCUT2D eigenvalue weighted by Crippen LogP contribution is 2.33. The van der Waals surface area contributed by atoms with Crippen molar-refractivity contribution in [3.63, 3.8) is 0 Å². The van der Waals surface area contributed by atoms with Crippen molar-refractivity contribution in [2.75, 3.05) is 19.5 Å². The maximum absolute atomic E-state index is 13.4. The van der Waals surface area contributed by atoms with Crippen LogP contribution < -0.4 is 10.1 Å². The molecule has 0 aliphatic rings. The normalized spacial score (nSPS) is 11.1. The number of halogens is 3. The zero-order valence-corrected chi connectivity index (χ0v) is 20.6. The lowest BCUT2D eigenvalue weighted by molar-refractivity contribution is -0.141. The molecule has 0 aliphatic carbocycles. The van der Waals surface area contributed by atoms with Crippen LogP contribution in [-0.2, 0) is 10.9 Å². The van der Waals surface area contributed by atoms with Crippen LogP contribution >= 0.6 is 0 Å². The van der Waals surface area contributed by atoms with Crippen LogP contribution in [0, 0.1) is 25.2 Å². The van der Waals surface area contributed by atoms with E-state index >= 15 is 0 Å². The molecule has 3 heterocycles. The predicted molar refractivity (Wildman–Crippen MR) is 129 cm³/mol. The Balaban J connectivity index is 1.90. The van der Waals surface area contributed by atoms with E-state index < -0.39 is 17.8 Å².